The minimum absolute atomic E-state index is 0.139. The number of aryl methyl sites for hydroxylation is 1. The molecular weight excluding hydrogens is 350 g/mol. The Kier molecular flexibility index (Phi) is 5.68. The maximum atomic E-state index is 12.5. The van der Waals surface area contributed by atoms with Gasteiger partial charge in [-0.1, -0.05) is 31.5 Å². The molecule has 1 amide bonds. The van der Waals surface area contributed by atoms with E-state index in [1.54, 1.807) is 0 Å². The van der Waals surface area contributed by atoms with Gasteiger partial charge in [0, 0.05) is 16.0 Å². The van der Waals surface area contributed by atoms with Gasteiger partial charge in [-0.2, -0.15) is 11.3 Å². The second kappa shape index (κ2) is 7.95. The molecule has 1 atom stereocenters. The van der Waals surface area contributed by atoms with Gasteiger partial charge < -0.3 is 10.4 Å². The van der Waals surface area contributed by atoms with Crippen molar-refractivity contribution in [3.8, 4) is 0 Å². The zero-order chi connectivity index (χ0) is 17.7. The number of rotatable bonds is 7. The molecule has 3 nitrogen and oxygen atoms in total. The smallest absolute Gasteiger partial charge is 0.251 e. The van der Waals surface area contributed by atoms with E-state index in [9.17, 15) is 9.90 Å². The highest BCUT2D eigenvalue weighted by Crippen LogP contribution is 2.33. The predicted octanol–water partition coefficient (Wildman–Crippen LogP) is 4.43. The van der Waals surface area contributed by atoms with Crippen molar-refractivity contribution in [2.24, 2.45) is 0 Å². The van der Waals surface area contributed by atoms with Gasteiger partial charge in [-0.3, -0.25) is 4.79 Å². The Balaban J connectivity index is 1.74. The van der Waals surface area contributed by atoms with Crippen LogP contribution >= 0.6 is 22.7 Å². The van der Waals surface area contributed by atoms with Crippen LogP contribution < -0.4 is 5.32 Å². The Hall–Kier alpha value is -1.95. The Morgan fingerprint density at radius 3 is 2.56 bits per heavy atom. The topological polar surface area (TPSA) is 49.3 Å². The van der Waals surface area contributed by atoms with E-state index >= 15 is 0 Å². The van der Waals surface area contributed by atoms with Crippen molar-refractivity contribution in [3.63, 3.8) is 0 Å². The average molecular weight is 372 g/mol. The Labute approximate surface area is 156 Å². The number of amides is 1. The first-order valence-corrected chi connectivity index (χ1v) is 10.1. The minimum atomic E-state index is -1.20. The third kappa shape index (κ3) is 4.00. The van der Waals surface area contributed by atoms with Crippen LogP contribution in [0.2, 0.25) is 0 Å². The lowest BCUT2D eigenvalue weighted by Gasteiger charge is -2.27. The number of thiophene rings is 2. The molecule has 1 unspecified atom stereocenters. The van der Waals surface area contributed by atoms with Crippen LogP contribution in [0.4, 0.5) is 0 Å². The van der Waals surface area contributed by atoms with Gasteiger partial charge >= 0.3 is 0 Å². The van der Waals surface area contributed by atoms with E-state index in [1.165, 1.54) is 28.2 Å². The molecule has 25 heavy (non-hydrogen) atoms. The van der Waals surface area contributed by atoms with Crippen LogP contribution in [0.25, 0.3) is 0 Å². The number of nitrogens with one attached hydrogen (secondary N) is 1. The van der Waals surface area contributed by atoms with Crippen molar-refractivity contribution in [2.75, 3.05) is 6.54 Å². The summed E-state index contributed by atoms with van der Waals surface area (Å²) in [5.41, 5.74) is 1.44. The molecule has 3 rings (SSSR count). The van der Waals surface area contributed by atoms with Crippen molar-refractivity contribution in [2.45, 2.75) is 25.4 Å². The van der Waals surface area contributed by atoms with Gasteiger partial charge in [-0.15, -0.1) is 11.3 Å². The first kappa shape index (κ1) is 17.9. The summed E-state index contributed by atoms with van der Waals surface area (Å²) in [5.74, 6) is -0.173. The second-order valence-corrected chi connectivity index (χ2v) is 7.71. The first-order chi connectivity index (χ1) is 12.1. The molecule has 0 aliphatic rings. The Morgan fingerprint density at radius 1 is 1.16 bits per heavy atom. The number of hydrogen-bond acceptors (Lipinski definition) is 4. The third-order valence-corrected chi connectivity index (χ3v) is 5.89. The van der Waals surface area contributed by atoms with E-state index in [0.717, 1.165) is 23.3 Å². The molecule has 0 radical (unpaired) electrons. The van der Waals surface area contributed by atoms with Gasteiger partial charge in [-0.05, 0) is 52.4 Å². The summed E-state index contributed by atoms with van der Waals surface area (Å²) in [7, 11) is 0. The van der Waals surface area contributed by atoms with E-state index in [2.05, 4.69) is 12.2 Å². The normalized spacial score (nSPS) is 13.4. The van der Waals surface area contributed by atoms with Crippen molar-refractivity contribution < 1.29 is 9.90 Å². The Morgan fingerprint density at radius 2 is 1.96 bits per heavy atom. The third-order valence-electron chi connectivity index (χ3n) is 4.19. The molecule has 0 aliphatic heterocycles. The lowest BCUT2D eigenvalue weighted by molar-refractivity contribution is 0.0721. The molecule has 0 bridgehead atoms. The molecule has 0 fully saturated rings. The largest absolute Gasteiger partial charge is 0.378 e. The molecule has 0 saturated heterocycles. The summed E-state index contributed by atoms with van der Waals surface area (Å²) in [6.07, 6.45) is 2.10. The van der Waals surface area contributed by atoms with Crippen LogP contribution in [0.3, 0.4) is 0 Å². The number of hydrogen-bond donors (Lipinski definition) is 2. The highest BCUT2D eigenvalue weighted by Gasteiger charge is 2.33. The molecule has 1 aromatic carbocycles. The van der Waals surface area contributed by atoms with E-state index in [-0.39, 0.29) is 12.5 Å². The van der Waals surface area contributed by atoms with Crippen molar-refractivity contribution in [1.82, 2.24) is 5.32 Å². The molecule has 2 heterocycles. The summed E-state index contributed by atoms with van der Waals surface area (Å²) in [6.45, 7) is 2.27. The van der Waals surface area contributed by atoms with Gasteiger partial charge in [0.15, 0.2) is 0 Å². The highest BCUT2D eigenvalue weighted by atomic mass is 32.1. The zero-order valence-corrected chi connectivity index (χ0v) is 15.7. The summed E-state index contributed by atoms with van der Waals surface area (Å²) >= 11 is 3.02. The first-order valence-electron chi connectivity index (χ1n) is 8.29. The average Bonchev–Trinajstić information content (AvgIpc) is 3.34. The van der Waals surface area contributed by atoms with E-state index in [4.69, 9.17) is 0 Å². The molecule has 5 heteroatoms. The van der Waals surface area contributed by atoms with Gasteiger partial charge in [-0.25, -0.2) is 0 Å². The SMILES string of the molecule is CCCc1ccc(C(=O)NCC(O)(c2ccsc2)c2cccs2)cc1. The fraction of sp³-hybridized carbons (Fsp3) is 0.250. The molecule has 0 saturated carbocycles. The quantitative estimate of drug-likeness (QED) is 0.645. The summed E-state index contributed by atoms with van der Waals surface area (Å²) in [4.78, 5) is 13.3. The molecule has 2 N–H and O–H groups in total. The molecule has 130 valence electrons. The Bertz CT molecular complexity index is 759. The summed E-state index contributed by atoms with van der Waals surface area (Å²) in [6, 6.07) is 13.4. The molecule has 3 aromatic rings. The summed E-state index contributed by atoms with van der Waals surface area (Å²) < 4.78 is 0. The van der Waals surface area contributed by atoms with E-state index < -0.39 is 5.60 Å². The predicted molar refractivity (Wildman–Crippen MR) is 104 cm³/mol. The van der Waals surface area contributed by atoms with Crippen LogP contribution in [-0.2, 0) is 12.0 Å². The van der Waals surface area contributed by atoms with Gasteiger partial charge in [0.1, 0.15) is 5.60 Å². The molecular formula is C20H21NO2S2. The van der Waals surface area contributed by atoms with E-state index in [1.807, 2.05) is 58.6 Å². The fourth-order valence-electron chi connectivity index (χ4n) is 2.77. The van der Waals surface area contributed by atoms with Gasteiger partial charge in [0.2, 0.25) is 0 Å². The standard InChI is InChI=1S/C20H21NO2S2/c1-2-4-15-6-8-16(9-7-15)19(22)21-14-20(23,17-10-12-24-13-17)18-5-3-11-25-18/h3,5-13,23H,2,4,14H2,1H3,(H,21,22). The molecule has 0 spiro atoms. The highest BCUT2D eigenvalue weighted by molar-refractivity contribution is 7.10. The monoisotopic (exact) mass is 371 g/mol. The fourth-order valence-corrected chi connectivity index (χ4v) is 4.34. The lowest BCUT2D eigenvalue weighted by Crippen LogP contribution is -2.41. The van der Waals surface area contributed by atoms with Crippen LogP contribution in [0.1, 0.15) is 39.7 Å². The van der Waals surface area contributed by atoms with E-state index in [0.29, 0.717) is 5.56 Å². The number of benzene rings is 1. The van der Waals surface area contributed by atoms with Crippen molar-refractivity contribution in [3.05, 3.63) is 80.2 Å². The zero-order valence-electron chi connectivity index (χ0n) is 14.1. The number of carbonyl (C=O) groups is 1. The van der Waals surface area contributed by atoms with Gasteiger partial charge in [0.25, 0.3) is 5.91 Å². The lowest BCUT2D eigenvalue weighted by atomic mass is 9.94. The molecule has 0 aliphatic carbocycles. The minimum Gasteiger partial charge on any atom is -0.378 e. The number of aliphatic hydroxyl groups is 1. The van der Waals surface area contributed by atoms with Crippen molar-refractivity contribution in [1.29, 1.82) is 0 Å². The second-order valence-electron chi connectivity index (χ2n) is 5.98. The van der Waals surface area contributed by atoms with Crippen LogP contribution in [0.5, 0.6) is 0 Å². The van der Waals surface area contributed by atoms with Crippen LogP contribution in [0, 0.1) is 0 Å². The number of carbonyl (C=O) groups excluding carboxylic acids is 1. The van der Waals surface area contributed by atoms with Crippen LogP contribution in [-0.4, -0.2) is 17.6 Å². The maximum Gasteiger partial charge on any atom is 0.251 e. The van der Waals surface area contributed by atoms with Crippen molar-refractivity contribution >= 4 is 28.6 Å². The van der Waals surface area contributed by atoms with Crippen LogP contribution in [0.15, 0.2) is 58.6 Å². The summed E-state index contributed by atoms with van der Waals surface area (Å²) in [5, 5.41) is 19.9. The molecule has 2 aromatic heterocycles. The van der Waals surface area contributed by atoms with Gasteiger partial charge in [0.05, 0.1) is 6.54 Å². The maximum absolute atomic E-state index is 12.5.